The first-order valence-corrected chi connectivity index (χ1v) is 12.9. The number of alkyl carbamates (subject to hydrolysis) is 1. The van der Waals surface area contributed by atoms with Crippen LogP contribution in [0.5, 0.6) is 5.88 Å². The molecule has 1 aliphatic heterocycles. The van der Waals surface area contributed by atoms with Crippen LogP contribution < -0.4 is 15.0 Å². The van der Waals surface area contributed by atoms with Crippen molar-refractivity contribution in [1.29, 1.82) is 0 Å². The van der Waals surface area contributed by atoms with Crippen molar-refractivity contribution < 1.29 is 27.8 Å². The Morgan fingerprint density at radius 1 is 1.16 bits per heavy atom. The standard InChI is InChI=1S/C26H32F2N6O4/c1-16(2)15-37-26(35)29-17-7-8-18(13-17)38-22-14-21(31-25(32-22)33-9-11-36-12-10-33)34-20-6-4-3-5-19(20)30-24(34)23(27)28/h3-6,14,16-18,23H,7-13,15H2,1-2H3,(H,29,35)/t17-,18-/m0/s1. The van der Waals surface area contributed by atoms with E-state index in [0.717, 1.165) is 6.42 Å². The average Bonchev–Trinajstić information content (AvgIpc) is 3.52. The molecule has 0 spiro atoms. The molecule has 2 atom stereocenters. The third-order valence-corrected chi connectivity index (χ3v) is 6.52. The van der Waals surface area contributed by atoms with Crippen LogP contribution in [0, 0.1) is 5.92 Å². The smallest absolute Gasteiger partial charge is 0.407 e. The van der Waals surface area contributed by atoms with Crippen LogP contribution in [-0.4, -0.2) is 70.7 Å². The SMILES string of the molecule is CC(C)COC(=O)N[C@H]1CC[C@H](Oc2cc(-n3c(C(F)F)nc4ccccc43)nc(N3CCOCC3)n2)C1. The molecule has 2 fully saturated rings. The lowest BCUT2D eigenvalue weighted by Gasteiger charge is -2.27. The van der Waals surface area contributed by atoms with E-state index >= 15 is 0 Å². The Bertz CT molecular complexity index is 1260. The molecule has 2 aromatic heterocycles. The van der Waals surface area contributed by atoms with Crippen LogP contribution in [0.4, 0.5) is 19.5 Å². The Balaban J connectivity index is 1.41. The summed E-state index contributed by atoms with van der Waals surface area (Å²) >= 11 is 0. The van der Waals surface area contributed by atoms with Crippen molar-refractivity contribution in [1.82, 2.24) is 24.8 Å². The van der Waals surface area contributed by atoms with Gasteiger partial charge >= 0.3 is 6.09 Å². The molecular weight excluding hydrogens is 498 g/mol. The Morgan fingerprint density at radius 2 is 1.95 bits per heavy atom. The Kier molecular flexibility index (Phi) is 7.87. The highest BCUT2D eigenvalue weighted by atomic mass is 19.3. The maximum atomic E-state index is 14.1. The van der Waals surface area contributed by atoms with Crippen molar-refractivity contribution in [2.45, 2.75) is 51.7 Å². The fraction of sp³-hybridized carbons (Fsp3) is 0.538. The minimum atomic E-state index is -2.80. The number of ether oxygens (including phenoxy) is 3. The van der Waals surface area contributed by atoms with E-state index in [1.54, 1.807) is 30.3 Å². The number of hydrogen-bond acceptors (Lipinski definition) is 8. The number of nitrogens with one attached hydrogen (secondary N) is 1. The number of anilines is 1. The zero-order chi connectivity index (χ0) is 26.6. The summed E-state index contributed by atoms with van der Waals surface area (Å²) in [6.45, 7) is 6.49. The van der Waals surface area contributed by atoms with Crippen LogP contribution in [0.1, 0.15) is 45.4 Å². The Hall–Kier alpha value is -3.54. The number of morpholine rings is 1. The average molecular weight is 531 g/mol. The van der Waals surface area contributed by atoms with Crippen molar-refractivity contribution in [3.8, 4) is 11.7 Å². The predicted octanol–water partition coefficient (Wildman–Crippen LogP) is 4.27. The van der Waals surface area contributed by atoms with Gasteiger partial charge in [-0.15, -0.1) is 0 Å². The molecule has 2 aliphatic rings. The number of nitrogens with zero attached hydrogens (tertiary/aromatic N) is 5. The number of halogens is 2. The molecule has 12 heteroatoms. The third-order valence-electron chi connectivity index (χ3n) is 6.52. The molecule has 3 heterocycles. The van der Waals surface area contributed by atoms with Gasteiger partial charge in [0.1, 0.15) is 11.9 Å². The molecule has 0 radical (unpaired) electrons. The van der Waals surface area contributed by atoms with Gasteiger partial charge in [-0.1, -0.05) is 26.0 Å². The first-order chi connectivity index (χ1) is 18.4. The van der Waals surface area contributed by atoms with Gasteiger partial charge in [0.2, 0.25) is 11.8 Å². The van der Waals surface area contributed by atoms with Crippen LogP contribution in [0.15, 0.2) is 30.3 Å². The molecule has 1 aliphatic carbocycles. The van der Waals surface area contributed by atoms with E-state index < -0.39 is 18.3 Å². The Morgan fingerprint density at radius 3 is 2.71 bits per heavy atom. The maximum Gasteiger partial charge on any atom is 0.407 e. The van der Waals surface area contributed by atoms with Crippen LogP contribution in [0.3, 0.4) is 0 Å². The number of hydrogen-bond donors (Lipinski definition) is 1. The summed E-state index contributed by atoms with van der Waals surface area (Å²) in [4.78, 5) is 27.5. The van der Waals surface area contributed by atoms with Gasteiger partial charge in [-0.3, -0.25) is 4.57 Å². The van der Waals surface area contributed by atoms with E-state index in [4.69, 9.17) is 14.2 Å². The van der Waals surface area contributed by atoms with Crippen LogP contribution >= 0.6 is 0 Å². The van der Waals surface area contributed by atoms with Gasteiger partial charge in [-0.25, -0.2) is 18.6 Å². The van der Waals surface area contributed by atoms with Crippen molar-refractivity contribution in [3.05, 3.63) is 36.2 Å². The van der Waals surface area contributed by atoms with E-state index in [9.17, 15) is 13.6 Å². The summed E-state index contributed by atoms with van der Waals surface area (Å²) in [6, 6.07) is 8.44. The highest BCUT2D eigenvalue weighted by Gasteiger charge is 2.29. The molecule has 5 rings (SSSR count). The topological polar surface area (TPSA) is 104 Å². The summed E-state index contributed by atoms with van der Waals surface area (Å²) < 4.78 is 46.4. The summed E-state index contributed by atoms with van der Waals surface area (Å²) in [5, 5.41) is 2.90. The molecule has 38 heavy (non-hydrogen) atoms. The lowest BCUT2D eigenvalue weighted by Crippen LogP contribution is -2.37. The number of carbonyl (C=O) groups excluding carboxylic acids is 1. The quantitative estimate of drug-likeness (QED) is 0.461. The van der Waals surface area contributed by atoms with Gasteiger partial charge in [0.05, 0.1) is 30.9 Å². The van der Waals surface area contributed by atoms with Crippen LogP contribution in [-0.2, 0) is 9.47 Å². The molecule has 0 bridgehead atoms. The lowest BCUT2D eigenvalue weighted by molar-refractivity contribution is 0.121. The molecular formula is C26H32F2N6O4. The molecule has 3 aromatic rings. The summed E-state index contributed by atoms with van der Waals surface area (Å²) in [5.41, 5.74) is 0.969. The summed E-state index contributed by atoms with van der Waals surface area (Å²) in [5.74, 6) is 0.775. The van der Waals surface area contributed by atoms with Crippen LogP contribution in [0.2, 0.25) is 0 Å². The second kappa shape index (κ2) is 11.5. The highest BCUT2D eigenvalue weighted by Crippen LogP contribution is 2.31. The van der Waals surface area contributed by atoms with Gasteiger partial charge in [0.15, 0.2) is 5.82 Å². The minimum absolute atomic E-state index is 0.0808. The monoisotopic (exact) mass is 530 g/mol. The largest absolute Gasteiger partial charge is 0.474 e. The van der Waals surface area contributed by atoms with E-state index in [0.29, 0.717) is 62.7 Å². The van der Waals surface area contributed by atoms with Gasteiger partial charge in [-0.05, 0) is 30.9 Å². The van der Waals surface area contributed by atoms with Crippen molar-refractivity contribution in [2.24, 2.45) is 5.92 Å². The van der Waals surface area contributed by atoms with E-state index in [2.05, 4.69) is 20.3 Å². The molecule has 0 unspecified atom stereocenters. The number of aromatic nitrogens is 4. The zero-order valence-electron chi connectivity index (χ0n) is 21.5. The van der Waals surface area contributed by atoms with E-state index in [1.165, 1.54) is 4.57 Å². The molecule has 1 N–H and O–H groups in total. The number of para-hydroxylation sites is 2. The molecule has 1 saturated heterocycles. The number of fused-ring (bicyclic) bond motifs is 1. The number of rotatable bonds is 8. The second-order valence-corrected chi connectivity index (χ2v) is 9.95. The van der Waals surface area contributed by atoms with E-state index in [-0.39, 0.29) is 29.8 Å². The van der Waals surface area contributed by atoms with Gasteiger partial charge in [-0.2, -0.15) is 9.97 Å². The van der Waals surface area contributed by atoms with Crippen LogP contribution in [0.25, 0.3) is 16.9 Å². The van der Waals surface area contributed by atoms with Gasteiger partial charge in [0, 0.05) is 31.6 Å². The number of imidazole rings is 1. The van der Waals surface area contributed by atoms with Crippen molar-refractivity contribution >= 4 is 23.1 Å². The maximum absolute atomic E-state index is 14.1. The Labute approximate surface area is 219 Å². The predicted molar refractivity (Wildman–Crippen MR) is 136 cm³/mol. The molecule has 10 nitrogen and oxygen atoms in total. The number of carbonyl (C=O) groups is 1. The third kappa shape index (κ3) is 5.95. The van der Waals surface area contributed by atoms with Crippen molar-refractivity contribution in [3.63, 3.8) is 0 Å². The fourth-order valence-corrected chi connectivity index (χ4v) is 4.71. The molecule has 204 valence electrons. The zero-order valence-corrected chi connectivity index (χ0v) is 21.5. The molecule has 1 amide bonds. The lowest BCUT2D eigenvalue weighted by atomic mass is 10.2. The van der Waals surface area contributed by atoms with E-state index in [1.807, 2.05) is 18.7 Å². The molecule has 1 saturated carbocycles. The molecule has 1 aromatic carbocycles. The first kappa shape index (κ1) is 26.1. The normalized spacial score (nSPS) is 19.9. The fourth-order valence-electron chi connectivity index (χ4n) is 4.71. The number of amides is 1. The van der Waals surface area contributed by atoms with Gasteiger partial charge < -0.3 is 24.4 Å². The number of benzene rings is 1. The minimum Gasteiger partial charge on any atom is -0.474 e. The number of alkyl halides is 2. The summed E-state index contributed by atoms with van der Waals surface area (Å²) in [6.07, 6.45) is -1.42. The van der Waals surface area contributed by atoms with Gasteiger partial charge in [0.25, 0.3) is 6.43 Å². The summed E-state index contributed by atoms with van der Waals surface area (Å²) in [7, 11) is 0. The highest BCUT2D eigenvalue weighted by molar-refractivity contribution is 5.78. The second-order valence-electron chi connectivity index (χ2n) is 9.95. The van der Waals surface area contributed by atoms with Crippen molar-refractivity contribution in [2.75, 3.05) is 37.8 Å². The first-order valence-electron chi connectivity index (χ1n) is 12.9.